The van der Waals surface area contributed by atoms with Crippen LogP contribution in [0.5, 0.6) is 0 Å². The van der Waals surface area contributed by atoms with Crippen molar-refractivity contribution in [2.24, 2.45) is 0 Å². The Bertz CT molecular complexity index is 470. The summed E-state index contributed by atoms with van der Waals surface area (Å²) in [6, 6.07) is 3.81. The summed E-state index contributed by atoms with van der Waals surface area (Å²) in [5.74, 6) is 0.00698. The van der Waals surface area contributed by atoms with E-state index in [0.717, 1.165) is 12.8 Å². The molecule has 1 aromatic heterocycles. The largest absolute Gasteiger partial charge is 0.347 e. The van der Waals surface area contributed by atoms with Crippen molar-refractivity contribution in [3.8, 4) is 0 Å². The Kier molecular flexibility index (Phi) is 2.74. The van der Waals surface area contributed by atoms with Crippen molar-refractivity contribution in [3.05, 3.63) is 30.1 Å². The molecule has 2 heterocycles. The van der Waals surface area contributed by atoms with Crippen LogP contribution in [0.4, 0.5) is 0 Å². The lowest BCUT2D eigenvalue weighted by atomic mass is 10.2. The zero-order chi connectivity index (χ0) is 12.5. The smallest absolute Gasteiger partial charge is 0.253 e. The lowest BCUT2D eigenvalue weighted by molar-refractivity contribution is -0.128. The van der Waals surface area contributed by atoms with Crippen LogP contribution in [0, 0.1) is 0 Å². The monoisotopic (exact) mass is 245 g/mol. The number of nitrogens with one attached hydrogen (secondary N) is 1. The Balaban J connectivity index is 1.61. The van der Waals surface area contributed by atoms with E-state index in [9.17, 15) is 9.59 Å². The molecule has 5 heteroatoms. The van der Waals surface area contributed by atoms with E-state index in [1.165, 1.54) is 6.20 Å². The molecule has 0 spiro atoms. The number of likely N-dealkylation sites (tertiary alicyclic amines) is 1. The predicted molar refractivity (Wildman–Crippen MR) is 64.8 cm³/mol. The van der Waals surface area contributed by atoms with Gasteiger partial charge in [0, 0.05) is 31.4 Å². The number of carbonyl (C=O) groups excluding carboxylic acids is 2. The molecule has 1 unspecified atom stereocenters. The van der Waals surface area contributed by atoms with E-state index in [4.69, 9.17) is 0 Å². The SMILES string of the molecule is O=C(NC1CC(=O)N(C2CC2)C1)c1cccnc1. The Morgan fingerprint density at radius 1 is 1.44 bits per heavy atom. The second-order valence-electron chi connectivity index (χ2n) is 4.89. The van der Waals surface area contributed by atoms with Crippen LogP contribution in [-0.4, -0.2) is 40.3 Å². The summed E-state index contributed by atoms with van der Waals surface area (Å²) < 4.78 is 0. The third-order valence-electron chi connectivity index (χ3n) is 3.41. The molecule has 2 fully saturated rings. The summed E-state index contributed by atoms with van der Waals surface area (Å²) in [7, 11) is 0. The van der Waals surface area contributed by atoms with Crippen molar-refractivity contribution in [1.29, 1.82) is 0 Å². The molecule has 0 radical (unpaired) electrons. The molecular weight excluding hydrogens is 230 g/mol. The number of amides is 2. The van der Waals surface area contributed by atoms with Gasteiger partial charge < -0.3 is 10.2 Å². The molecule has 0 aromatic carbocycles. The van der Waals surface area contributed by atoms with Gasteiger partial charge >= 0.3 is 0 Å². The van der Waals surface area contributed by atoms with Crippen LogP contribution in [0.15, 0.2) is 24.5 Å². The van der Waals surface area contributed by atoms with Crippen LogP contribution in [-0.2, 0) is 4.79 Å². The van der Waals surface area contributed by atoms with Gasteiger partial charge in [0.15, 0.2) is 0 Å². The molecule has 1 N–H and O–H groups in total. The molecule has 1 aromatic rings. The van der Waals surface area contributed by atoms with Crippen molar-refractivity contribution in [2.45, 2.75) is 31.3 Å². The number of rotatable bonds is 3. The van der Waals surface area contributed by atoms with Gasteiger partial charge in [0.05, 0.1) is 11.6 Å². The standard InChI is InChI=1S/C13H15N3O2/c17-12-6-10(8-16(12)11-3-4-11)15-13(18)9-2-1-5-14-7-9/h1-2,5,7,10-11H,3-4,6,8H2,(H,15,18). The lowest BCUT2D eigenvalue weighted by Crippen LogP contribution is -2.37. The maximum atomic E-state index is 11.9. The zero-order valence-electron chi connectivity index (χ0n) is 10.0. The highest BCUT2D eigenvalue weighted by molar-refractivity contribution is 5.94. The average molecular weight is 245 g/mol. The first-order valence-corrected chi connectivity index (χ1v) is 6.24. The molecule has 1 atom stereocenters. The summed E-state index contributed by atoms with van der Waals surface area (Å²) in [4.78, 5) is 29.5. The number of pyridine rings is 1. The lowest BCUT2D eigenvalue weighted by Gasteiger charge is -2.16. The summed E-state index contributed by atoms with van der Waals surface area (Å²) in [6.45, 7) is 0.648. The summed E-state index contributed by atoms with van der Waals surface area (Å²) >= 11 is 0. The quantitative estimate of drug-likeness (QED) is 0.847. The number of hydrogen-bond donors (Lipinski definition) is 1. The van der Waals surface area contributed by atoms with Crippen molar-refractivity contribution in [2.75, 3.05) is 6.54 Å². The number of nitrogens with zero attached hydrogens (tertiary/aromatic N) is 2. The third kappa shape index (κ3) is 2.20. The van der Waals surface area contributed by atoms with Crippen LogP contribution in [0.2, 0.25) is 0 Å². The fourth-order valence-corrected chi connectivity index (χ4v) is 2.33. The maximum Gasteiger partial charge on any atom is 0.253 e. The van der Waals surface area contributed by atoms with Gasteiger partial charge in [0.2, 0.25) is 5.91 Å². The molecule has 2 amide bonds. The molecule has 18 heavy (non-hydrogen) atoms. The molecule has 1 aliphatic carbocycles. The molecule has 3 rings (SSSR count). The van der Waals surface area contributed by atoms with E-state index in [-0.39, 0.29) is 17.9 Å². The van der Waals surface area contributed by atoms with Crippen LogP contribution >= 0.6 is 0 Å². The first-order chi connectivity index (χ1) is 8.74. The Morgan fingerprint density at radius 2 is 2.28 bits per heavy atom. The molecule has 0 bridgehead atoms. The van der Waals surface area contributed by atoms with Crippen LogP contribution in [0.1, 0.15) is 29.6 Å². The highest BCUT2D eigenvalue weighted by atomic mass is 16.2. The normalized spacial score (nSPS) is 23.2. The van der Waals surface area contributed by atoms with Gasteiger partial charge in [-0.3, -0.25) is 14.6 Å². The van der Waals surface area contributed by atoms with Crippen molar-refractivity contribution >= 4 is 11.8 Å². The molecular formula is C13H15N3O2. The number of aromatic nitrogens is 1. The maximum absolute atomic E-state index is 11.9. The van der Waals surface area contributed by atoms with E-state index in [0.29, 0.717) is 24.6 Å². The summed E-state index contributed by atoms with van der Waals surface area (Å²) in [5.41, 5.74) is 0.537. The van der Waals surface area contributed by atoms with Crippen LogP contribution in [0.25, 0.3) is 0 Å². The molecule has 2 aliphatic rings. The van der Waals surface area contributed by atoms with Crippen molar-refractivity contribution in [1.82, 2.24) is 15.2 Å². The minimum Gasteiger partial charge on any atom is -0.347 e. The highest BCUT2D eigenvalue weighted by Crippen LogP contribution is 2.30. The minimum absolute atomic E-state index is 0.0641. The predicted octanol–water partition coefficient (Wildman–Crippen LogP) is 0.575. The number of carbonyl (C=O) groups is 2. The molecule has 1 aliphatic heterocycles. The van der Waals surface area contributed by atoms with E-state index < -0.39 is 0 Å². The van der Waals surface area contributed by atoms with E-state index >= 15 is 0 Å². The Morgan fingerprint density at radius 3 is 2.94 bits per heavy atom. The van der Waals surface area contributed by atoms with Gasteiger partial charge in [-0.15, -0.1) is 0 Å². The Hall–Kier alpha value is -1.91. The first-order valence-electron chi connectivity index (χ1n) is 6.24. The Labute approximate surface area is 105 Å². The topological polar surface area (TPSA) is 62.3 Å². The fourth-order valence-electron chi connectivity index (χ4n) is 2.33. The molecule has 1 saturated heterocycles. The van der Waals surface area contributed by atoms with Crippen molar-refractivity contribution in [3.63, 3.8) is 0 Å². The fraction of sp³-hybridized carbons (Fsp3) is 0.462. The van der Waals surface area contributed by atoms with Crippen molar-refractivity contribution < 1.29 is 9.59 Å². The summed E-state index contributed by atoms with van der Waals surface area (Å²) in [5, 5.41) is 2.90. The van der Waals surface area contributed by atoms with E-state index in [2.05, 4.69) is 10.3 Å². The third-order valence-corrected chi connectivity index (χ3v) is 3.41. The first kappa shape index (κ1) is 11.2. The zero-order valence-corrected chi connectivity index (χ0v) is 10.0. The van der Waals surface area contributed by atoms with Gasteiger partial charge in [-0.05, 0) is 25.0 Å². The van der Waals surface area contributed by atoms with E-state index in [1.54, 1.807) is 18.3 Å². The van der Waals surface area contributed by atoms with Crippen LogP contribution in [0.3, 0.4) is 0 Å². The molecule has 94 valence electrons. The second kappa shape index (κ2) is 4.40. The second-order valence-corrected chi connectivity index (χ2v) is 4.89. The van der Waals surface area contributed by atoms with E-state index in [1.807, 2.05) is 4.90 Å². The molecule has 5 nitrogen and oxygen atoms in total. The minimum atomic E-state index is -0.154. The van der Waals surface area contributed by atoms with Crippen LogP contribution < -0.4 is 5.32 Å². The highest BCUT2D eigenvalue weighted by Gasteiger charge is 2.39. The molecule has 1 saturated carbocycles. The summed E-state index contributed by atoms with van der Waals surface area (Å²) in [6.07, 6.45) is 5.79. The van der Waals surface area contributed by atoms with Gasteiger partial charge in [-0.1, -0.05) is 0 Å². The van der Waals surface area contributed by atoms with Gasteiger partial charge in [0.1, 0.15) is 0 Å². The average Bonchev–Trinajstić information content (AvgIpc) is 3.15. The van der Waals surface area contributed by atoms with Gasteiger partial charge in [0.25, 0.3) is 5.91 Å². The number of hydrogen-bond acceptors (Lipinski definition) is 3. The van der Waals surface area contributed by atoms with Gasteiger partial charge in [-0.2, -0.15) is 0 Å². The van der Waals surface area contributed by atoms with Gasteiger partial charge in [-0.25, -0.2) is 0 Å².